The Morgan fingerprint density at radius 2 is 1.87 bits per heavy atom. The predicted molar refractivity (Wildman–Crippen MR) is 122 cm³/mol. The monoisotopic (exact) mass is 399 g/mol. The molecule has 0 saturated heterocycles. The Bertz CT molecular complexity index is 1210. The maximum absolute atomic E-state index is 7.00. The number of hydrogen-bond acceptors (Lipinski definition) is 3. The molecule has 2 aromatic carbocycles. The van der Waals surface area contributed by atoms with Crippen LogP contribution in [0.4, 0.5) is 5.69 Å². The van der Waals surface area contributed by atoms with Crippen LogP contribution < -0.4 is 9.64 Å². The van der Waals surface area contributed by atoms with Crippen molar-refractivity contribution in [3.63, 3.8) is 0 Å². The zero-order valence-corrected chi connectivity index (χ0v) is 18.3. The van der Waals surface area contributed by atoms with Crippen molar-refractivity contribution >= 4 is 22.7 Å². The molecule has 0 saturated carbocycles. The molecule has 0 radical (unpaired) electrons. The van der Waals surface area contributed by atoms with Crippen molar-refractivity contribution < 1.29 is 9.15 Å². The molecule has 3 heteroatoms. The number of rotatable bonds is 0. The van der Waals surface area contributed by atoms with Crippen LogP contribution >= 0.6 is 0 Å². The first-order valence-corrected chi connectivity index (χ1v) is 11.2. The van der Waals surface area contributed by atoms with Crippen LogP contribution in [-0.2, 0) is 24.7 Å². The molecule has 1 atom stereocenters. The molecule has 0 amide bonds. The summed E-state index contributed by atoms with van der Waals surface area (Å²) in [4.78, 5) is 2.29. The molecule has 6 rings (SSSR count). The third-order valence-electron chi connectivity index (χ3n) is 7.19. The first-order valence-electron chi connectivity index (χ1n) is 11.2. The normalized spacial score (nSPS) is 22.2. The van der Waals surface area contributed by atoms with E-state index in [4.69, 9.17) is 9.15 Å². The maximum Gasteiger partial charge on any atom is 0.206 e. The number of ether oxygens (including phenoxy) is 1. The molecule has 1 aliphatic carbocycles. The molecule has 0 fully saturated rings. The molecule has 30 heavy (non-hydrogen) atoms. The van der Waals surface area contributed by atoms with Gasteiger partial charge in [-0.1, -0.05) is 39.0 Å². The van der Waals surface area contributed by atoms with E-state index in [1.165, 1.54) is 51.9 Å². The smallest absolute Gasteiger partial charge is 0.206 e. The van der Waals surface area contributed by atoms with E-state index in [-0.39, 0.29) is 5.41 Å². The lowest BCUT2D eigenvalue weighted by molar-refractivity contribution is 0.125. The first kappa shape index (κ1) is 18.1. The summed E-state index contributed by atoms with van der Waals surface area (Å²) < 4.78 is 13.4. The Balaban J connectivity index is 1.58. The van der Waals surface area contributed by atoms with Crippen LogP contribution in [0.15, 0.2) is 40.8 Å². The molecule has 3 nitrogen and oxygen atoms in total. The Kier molecular flexibility index (Phi) is 3.58. The van der Waals surface area contributed by atoms with Crippen molar-refractivity contribution in [2.45, 2.75) is 64.0 Å². The minimum atomic E-state index is -0.464. The maximum atomic E-state index is 7.00. The van der Waals surface area contributed by atoms with Crippen LogP contribution in [0.1, 0.15) is 61.6 Å². The predicted octanol–water partition coefficient (Wildman–Crippen LogP) is 6.40. The van der Waals surface area contributed by atoms with Crippen LogP contribution in [0.5, 0.6) is 5.75 Å². The molecule has 0 bridgehead atoms. The highest BCUT2D eigenvalue weighted by molar-refractivity contribution is 5.96. The summed E-state index contributed by atoms with van der Waals surface area (Å²) in [6.07, 6.45) is 10.1. The van der Waals surface area contributed by atoms with Gasteiger partial charge in [-0.25, -0.2) is 0 Å². The Morgan fingerprint density at radius 1 is 1.07 bits per heavy atom. The molecular weight excluding hydrogens is 370 g/mol. The molecule has 0 N–H and O–H groups in total. The van der Waals surface area contributed by atoms with Gasteiger partial charge in [0.15, 0.2) is 0 Å². The second-order valence-corrected chi connectivity index (χ2v) is 10.1. The molecular formula is C27H29NO2. The number of benzene rings is 2. The summed E-state index contributed by atoms with van der Waals surface area (Å²) in [5, 5.41) is 1.27. The van der Waals surface area contributed by atoms with E-state index < -0.39 is 5.72 Å². The summed E-state index contributed by atoms with van der Waals surface area (Å²) in [6.45, 7) is 6.79. The number of aryl methyl sites for hydroxylation is 2. The lowest BCUT2D eigenvalue weighted by atomic mass is 9.82. The Labute approximate surface area is 178 Å². The van der Waals surface area contributed by atoms with Crippen molar-refractivity contribution in [1.82, 2.24) is 0 Å². The number of hydrogen-bond donors (Lipinski definition) is 0. The first-order chi connectivity index (χ1) is 14.4. The number of nitrogens with zero attached hydrogens (tertiary/aromatic N) is 1. The Morgan fingerprint density at radius 3 is 2.67 bits per heavy atom. The highest BCUT2D eigenvalue weighted by Gasteiger charge is 2.45. The standard InChI is InChI=1S/C27H29NO2/c1-26(2,3)20-15-23-24(18-10-6-8-12-22(18)29-23)19-13-14-27(30-25(19)20)16-17-9-5-7-11-21(17)28(27)4/h5,7,9,11,13-15H,6,8,10,12,16H2,1-4H3. The Hall–Kier alpha value is -2.68. The highest BCUT2D eigenvalue weighted by Crippen LogP contribution is 2.50. The van der Waals surface area contributed by atoms with Crippen molar-refractivity contribution in [2.24, 2.45) is 0 Å². The van der Waals surface area contributed by atoms with Gasteiger partial charge < -0.3 is 14.1 Å². The summed E-state index contributed by atoms with van der Waals surface area (Å²) in [6, 6.07) is 10.9. The second-order valence-electron chi connectivity index (χ2n) is 10.1. The molecule has 154 valence electrons. The number of likely N-dealkylation sites (N-methyl/N-ethyl adjacent to an activating group) is 1. The van der Waals surface area contributed by atoms with Gasteiger partial charge in [-0.05, 0) is 54.5 Å². The molecule has 1 spiro atoms. The second kappa shape index (κ2) is 5.94. The average Bonchev–Trinajstić information content (AvgIpc) is 3.22. The third-order valence-corrected chi connectivity index (χ3v) is 7.19. The minimum absolute atomic E-state index is 0.0397. The van der Waals surface area contributed by atoms with Gasteiger partial charge >= 0.3 is 0 Å². The van der Waals surface area contributed by atoms with Crippen molar-refractivity contribution in [3.8, 4) is 5.75 Å². The van der Waals surface area contributed by atoms with Crippen molar-refractivity contribution in [2.75, 3.05) is 11.9 Å². The van der Waals surface area contributed by atoms with Crippen LogP contribution in [0.25, 0.3) is 17.0 Å². The van der Waals surface area contributed by atoms with Gasteiger partial charge in [-0.2, -0.15) is 0 Å². The zero-order valence-electron chi connectivity index (χ0n) is 18.3. The van der Waals surface area contributed by atoms with Gasteiger partial charge in [0.05, 0.1) is 0 Å². The largest absolute Gasteiger partial charge is 0.463 e. The number of para-hydroxylation sites is 1. The fourth-order valence-electron chi connectivity index (χ4n) is 5.55. The van der Waals surface area contributed by atoms with Gasteiger partial charge in [-0.15, -0.1) is 0 Å². The van der Waals surface area contributed by atoms with Crippen LogP contribution in [0.3, 0.4) is 0 Å². The summed E-state index contributed by atoms with van der Waals surface area (Å²) >= 11 is 0. The van der Waals surface area contributed by atoms with E-state index in [1.54, 1.807) is 0 Å². The van der Waals surface area contributed by atoms with E-state index in [9.17, 15) is 0 Å². The highest BCUT2D eigenvalue weighted by atomic mass is 16.5. The van der Waals surface area contributed by atoms with E-state index in [1.807, 2.05) is 0 Å². The molecule has 1 aromatic heterocycles. The molecule has 3 aromatic rings. The summed E-state index contributed by atoms with van der Waals surface area (Å²) in [5.41, 5.74) is 6.95. The van der Waals surface area contributed by atoms with Gasteiger partial charge in [0.2, 0.25) is 5.72 Å². The van der Waals surface area contributed by atoms with Crippen LogP contribution in [-0.4, -0.2) is 12.8 Å². The third kappa shape index (κ3) is 2.38. The molecule has 2 aliphatic heterocycles. The molecule has 3 heterocycles. The summed E-state index contributed by atoms with van der Waals surface area (Å²) in [7, 11) is 2.15. The van der Waals surface area contributed by atoms with Crippen molar-refractivity contribution in [3.05, 3.63) is 64.4 Å². The quantitative estimate of drug-likeness (QED) is 0.437. The number of fused-ring (bicyclic) bond motifs is 6. The van der Waals surface area contributed by atoms with E-state index in [0.29, 0.717) is 0 Å². The number of furan rings is 1. The van der Waals surface area contributed by atoms with Gasteiger partial charge in [0.1, 0.15) is 17.1 Å². The lowest BCUT2D eigenvalue weighted by Crippen LogP contribution is -2.49. The van der Waals surface area contributed by atoms with Gasteiger partial charge in [0.25, 0.3) is 0 Å². The topological polar surface area (TPSA) is 25.6 Å². The van der Waals surface area contributed by atoms with Gasteiger partial charge in [0, 0.05) is 47.7 Å². The fraction of sp³-hybridized carbons (Fsp3) is 0.407. The van der Waals surface area contributed by atoms with Crippen molar-refractivity contribution in [1.29, 1.82) is 0 Å². The van der Waals surface area contributed by atoms with Crippen LogP contribution in [0, 0.1) is 0 Å². The van der Waals surface area contributed by atoms with E-state index in [0.717, 1.165) is 30.6 Å². The minimum Gasteiger partial charge on any atom is -0.463 e. The molecule has 3 aliphatic rings. The van der Waals surface area contributed by atoms with E-state index in [2.05, 4.69) is 75.2 Å². The lowest BCUT2D eigenvalue weighted by Gasteiger charge is -2.40. The zero-order chi connectivity index (χ0) is 20.7. The SMILES string of the molecule is CN1c2ccccc2CC12C=Cc1c(c(C(C)(C)C)cc3oc4c(c13)CCCC4)O2. The number of anilines is 1. The molecule has 1 unspecified atom stereocenters. The summed E-state index contributed by atoms with van der Waals surface area (Å²) in [5.74, 6) is 2.22. The fourth-order valence-corrected chi connectivity index (χ4v) is 5.55. The van der Waals surface area contributed by atoms with Crippen LogP contribution in [0.2, 0.25) is 0 Å². The van der Waals surface area contributed by atoms with Gasteiger partial charge in [-0.3, -0.25) is 0 Å². The van der Waals surface area contributed by atoms with E-state index >= 15 is 0 Å². The average molecular weight is 400 g/mol.